The average Bonchev–Trinajstić information content (AvgIpc) is 2.82. The smallest absolute Gasteiger partial charge is 0.287 e. The summed E-state index contributed by atoms with van der Waals surface area (Å²) in [5.41, 5.74) is -0.428. The molecule has 2 rings (SSSR count). The summed E-state index contributed by atoms with van der Waals surface area (Å²) in [5, 5.41) is 23.9. The number of nitrogens with one attached hydrogen (secondary N) is 2. The van der Waals surface area contributed by atoms with Crippen molar-refractivity contribution in [2.75, 3.05) is 39.5 Å². The Morgan fingerprint density at radius 2 is 1.73 bits per heavy atom. The number of aliphatic hydroxyl groups is 2. The predicted molar refractivity (Wildman–Crippen MR) is 117 cm³/mol. The van der Waals surface area contributed by atoms with Crippen molar-refractivity contribution in [3.05, 3.63) is 29.8 Å². The Hall–Kier alpha value is -2.38. The van der Waals surface area contributed by atoms with E-state index in [1.165, 1.54) is 30.3 Å². The van der Waals surface area contributed by atoms with Crippen LogP contribution >= 0.6 is 0 Å². The van der Waals surface area contributed by atoms with Gasteiger partial charge in [0.05, 0.1) is 24.7 Å². The molecule has 1 aromatic carbocycles. The van der Waals surface area contributed by atoms with E-state index >= 15 is 0 Å². The van der Waals surface area contributed by atoms with Crippen molar-refractivity contribution < 1.29 is 37.8 Å². The quantitative estimate of drug-likeness (QED) is 0.284. The molecule has 2 amide bonds. The van der Waals surface area contributed by atoms with Crippen molar-refractivity contribution in [2.45, 2.75) is 37.8 Å². The van der Waals surface area contributed by atoms with Crippen molar-refractivity contribution in [1.29, 1.82) is 0 Å². The molecule has 1 aliphatic heterocycles. The van der Waals surface area contributed by atoms with Crippen molar-refractivity contribution >= 4 is 27.6 Å². The molecule has 1 unspecified atom stereocenters. The predicted octanol–water partition coefficient (Wildman–Crippen LogP) is -1.22. The van der Waals surface area contributed by atoms with Crippen LogP contribution in [0.1, 0.15) is 25.8 Å². The largest absolute Gasteiger partial charge is 0.396 e. The first kappa shape index (κ1) is 26.9. The summed E-state index contributed by atoms with van der Waals surface area (Å²) in [5.74, 6) is -2.34. The maximum Gasteiger partial charge on any atom is 0.287 e. The van der Waals surface area contributed by atoms with Gasteiger partial charge in [-0.25, -0.2) is 8.42 Å². The van der Waals surface area contributed by atoms with Gasteiger partial charge in [-0.1, -0.05) is 26.0 Å². The molecule has 0 aliphatic carbocycles. The van der Waals surface area contributed by atoms with E-state index in [0.717, 1.165) is 0 Å². The molecule has 4 N–H and O–H groups in total. The minimum atomic E-state index is -3.61. The number of ketones is 1. The van der Waals surface area contributed by atoms with Gasteiger partial charge in [0, 0.05) is 38.0 Å². The zero-order chi connectivity index (χ0) is 24.6. The second kappa shape index (κ2) is 11.7. The topological polar surface area (TPSA) is 162 Å². The van der Waals surface area contributed by atoms with Crippen molar-refractivity contribution in [3.8, 4) is 0 Å². The summed E-state index contributed by atoms with van der Waals surface area (Å²) in [6.45, 7) is 3.80. The van der Waals surface area contributed by atoms with Gasteiger partial charge in [-0.15, -0.1) is 0 Å². The third kappa shape index (κ3) is 7.30. The highest BCUT2D eigenvalue weighted by atomic mass is 32.2. The van der Waals surface area contributed by atoms with Crippen LogP contribution in [0.15, 0.2) is 29.2 Å². The molecule has 1 aliphatic rings. The molecule has 11 nitrogen and oxygen atoms in total. The molecule has 0 spiro atoms. The Labute approximate surface area is 193 Å². The van der Waals surface area contributed by atoms with Crippen LogP contribution in [0, 0.1) is 5.41 Å². The zero-order valence-corrected chi connectivity index (χ0v) is 19.6. The number of aliphatic hydroxyl groups excluding tert-OH is 2. The monoisotopic (exact) mass is 485 g/mol. The minimum absolute atomic E-state index is 0.0260. The fraction of sp³-hybridized carbons (Fsp3) is 0.571. The van der Waals surface area contributed by atoms with Crippen LogP contribution < -0.4 is 10.6 Å². The number of carbonyl (C=O) groups excluding carboxylic acids is 3. The van der Waals surface area contributed by atoms with Crippen molar-refractivity contribution in [2.24, 2.45) is 5.41 Å². The van der Waals surface area contributed by atoms with Crippen LogP contribution in [0.3, 0.4) is 0 Å². The number of nitrogens with zero attached hydrogens (tertiary/aromatic N) is 1. The van der Waals surface area contributed by atoms with E-state index in [-0.39, 0.29) is 24.4 Å². The first-order valence-electron chi connectivity index (χ1n) is 10.5. The highest BCUT2D eigenvalue weighted by Crippen LogP contribution is 2.19. The molecular weight excluding hydrogens is 454 g/mol. The first-order chi connectivity index (χ1) is 15.5. The number of Topliss-reactive ketones (excluding diaryl/α,β-unsaturated/α-hetero) is 1. The normalized spacial score (nSPS) is 16.1. The van der Waals surface area contributed by atoms with E-state index in [4.69, 9.17) is 4.74 Å². The standard InChI is InChI=1S/C21H31N3O8S/c1-21(2,14-25)18(27)20(29)22-8-7-17(26)19(28)23-13-15-3-5-16(6-4-15)33(30,31)24-9-11-32-12-10-24/h3-6,18,25,27H,7-14H2,1-2H3,(H,22,29)(H,23,28). The van der Waals surface area contributed by atoms with Crippen LogP contribution in [0.4, 0.5) is 0 Å². The molecule has 1 heterocycles. The fourth-order valence-electron chi connectivity index (χ4n) is 2.95. The van der Waals surface area contributed by atoms with Crippen LogP contribution in [0.5, 0.6) is 0 Å². The first-order valence-corrected chi connectivity index (χ1v) is 12.0. The summed E-state index contributed by atoms with van der Waals surface area (Å²) in [4.78, 5) is 36.0. The molecular formula is C21H31N3O8S. The van der Waals surface area contributed by atoms with E-state index in [9.17, 15) is 33.0 Å². The van der Waals surface area contributed by atoms with Gasteiger partial charge >= 0.3 is 0 Å². The number of sulfonamides is 1. The highest BCUT2D eigenvalue weighted by molar-refractivity contribution is 7.89. The lowest BCUT2D eigenvalue weighted by Crippen LogP contribution is -2.46. The van der Waals surface area contributed by atoms with Gasteiger partial charge in [0.25, 0.3) is 5.91 Å². The van der Waals surface area contributed by atoms with Crippen molar-refractivity contribution in [1.82, 2.24) is 14.9 Å². The molecule has 1 saturated heterocycles. The van der Waals surface area contributed by atoms with Gasteiger partial charge in [-0.05, 0) is 17.7 Å². The summed E-state index contributed by atoms with van der Waals surface area (Å²) >= 11 is 0. The molecule has 1 fully saturated rings. The summed E-state index contributed by atoms with van der Waals surface area (Å²) in [7, 11) is -3.61. The maximum absolute atomic E-state index is 12.6. The second-order valence-electron chi connectivity index (χ2n) is 8.36. The minimum Gasteiger partial charge on any atom is -0.396 e. The summed E-state index contributed by atoms with van der Waals surface area (Å²) in [6, 6.07) is 6.01. The van der Waals surface area contributed by atoms with Gasteiger partial charge in [0.2, 0.25) is 21.7 Å². The van der Waals surface area contributed by atoms with Gasteiger partial charge < -0.3 is 25.6 Å². The maximum atomic E-state index is 12.6. The van der Waals surface area contributed by atoms with Crippen LogP contribution in [0.2, 0.25) is 0 Å². The number of ether oxygens (including phenoxy) is 1. The number of rotatable bonds is 11. The van der Waals surface area contributed by atoms with E-state index in [0.29, 0.717) is 31.9 Å². The molecule has 0 bridgehead atoms. The van der Waals surface area contributed by atoms with Gasteiger partial charge in [-0.3, -0.25) is 14.4 Å². The van der Waals surface area contributed by atoms with Gasteiger partial charge in [-0.2, -0.15) is 4.31 Å². The van der Waals surface area contributed by atoms with Crippen molar-refractivity contribution in [3.63, 3.8) is 0 Å². The Morgan fingerprint density at radius 3 is 2.30 bits per heavy atom. The lowest BCUT2D eigenvalue weighted by Gasteiger charge is -2.27. The molecule has 0 saturated carbocycles. The van der Waals surface area contributed by atoms with Gasteiger partial charge in [0.1, 0.15) is 6.10 Å². The Kier molecular flexibility index (Phi) is 9.49. The third-order valence-corrected chi connectivity index (χ3v) is 7.20. The van der Waals surface area contributed by atoms with Crippen LogP contribution in [-0.4, -0.2) is 86.1 Å². The number of hydrogen-bond donors (Lipinski definition) is 4. The molecule has 184 valence electrons. The zero-order valence-electron chi connectivity index (χ0n) is 18.7. The SMILES string of the molecule is CC(C)(CO)C(O)C(=O)NCCC(=O)C(=O)NCc1ccc(S(=O)(=O)N2CCOCC2)cc1. The number of carbonyl (C=O) groups is 3. The molecule has 0 aromatic heterocycles. The van der Waals surface area contributed by atoms with E-state index < -0.39 is 45.7 Å². The summed E-state index contributed by atoms with van der Waals surface area (Å²) in [6.07, 6.45) is -1.72. The highest BCUT2D eigenvalue weighted by Gasteiger charge is 2.33. The number of benzene rings is 1. The Morgan fingerprint density at radius 1 is 1.12 bits per heavy atom. The Balaban J connectivity index is 1.79. The second-order valence-corrected chi connectivity index (χ2v) is 10.3. The molecule has 12 heteroatoms. The number of hydrogen-bond acceptors (Lipinski definition) is 8. The average molecular weight is 486 g/mol. The number of morpholine rings is 1. The molecule has 1 atom stereocenters. The molecule has 33 heavy (non-hydrogen) atoms. The lowest BCUT2D eigenvalue weighted by atomic mass is 9.87. The number of amides is 2. The van der Waals surface area contributed by atoms with Gasteiger partial charge in [0.15, 0.2) is 0 Å². The fourth-order valence-corrected chi connectivity index (χ4v) is 4.35. The third-order valence-electron chi connectivity index (χ3n) is 5.28. The molecule has 1 aromatic rings. The van der Waals surface area contributed by atoms with Crippen LogP contribution in [-0.2, 0) is 35.7 Å². The van der Waals surface area contributed by atoms with Crippen LogP contribution in [0.25, 0.3) is 0 Å². The lowest BCUT2D eigenvalue weighted by molar-refractivity contribution is -0.139. The van der Waals surface area contributed by atoms with E-state index in [1.807, 2.05) is 0 Å². The molecule has 0 radical (unpaired) electrons. The summed E-state index contributed by atoms with van der Waals surface area (Å²) < 4.78 is 31.8. The Bertz CT molecular complexity index is 941. The van der Waals surface area contributed by atoms with E-state index in [1.54, 1.807) is 12.1 Å². The van der Waals surface area contributed by atoms with E-state index in [2.05, 4.69) is 10.6 Å².